The predicted octanol–water partition coefficient (Wildman–Crippen LogP) is 1.03. The maximum Gasteiger partial charge on any atom is 0.220 e. The zero-order valence-electron chi connectivity index (χ0n) is 10.8. The van der Waals surface area contributed by atoms with Gasteiger partial charge in [0.15, 0.2) is 0 Å². The van der Waals surface area contributed by atoms with Crippen LogP contribution < -0.4 is 11.1 Å². The third kappa shape index (κ3) is 6.80. The van der Waals surface area contributed by atoms with E-state index in [9.17, 15) is 4.79 Å². The summed E-state index contributed by atoms with van der Waals surface area (Å²) in [6.45, 7) is 6.85. The largest absolute Gasteiger partial charge is 0.394 e. The zero-order chi connectivity index (χ0) is 12.6. The summed E-state index contributed by atoms with van der Waals surface area (Å²) < 4.78 is 0. The minimum absolute atomic E-state index is 0.00837. The second kappa shape index (κ2) is 7.63. The van der Waals surface area contributed by atoms with Crippen molar-refractivity contribution in [1.29, 1.82) is 0 Å². The van der Waals surface area contributed by atoms with Gasteiger partial charge in [0.1, 0.15) is 0 Å². The Bertz CT molecular complexity index is 201. The van der Waals surface area contributed by atoms with E-state index < -0.39 is 0 Å². The second-order valence-electron chi connectivity index (χ2n) is 5.06. The Morgan fingerprint density at radius 2 is 2.06 bits per heavy atom. The number of amides is 1. The van der Waals surface area contributed by atoms with Crippen molar-refractivity contribution in [2.45, 2.75) is 52.5 Å². The smallest absolute Gasteiger partial charge is 0.220 e. The van der Waals surface area contributed by atoms with Gasteiger partial charge in [-0.2, -0.15) is 0 Å². The van der Waals surface area contributed by atoms with Crippen molar-refractivity contribution >= 4 is 5.91 Å². The van der Waals surface area contributed by atoms with Crippen LogP contribution in [0.15, 0.2) is 0 Å². The fourth-order valence-corrected chi connectivity index (χ4v) is 1.54. The average molecular weight is 230 g/mol. The van der Waals surface area contributed by atoms with Gasteiger partial charge in [0.2, 0.25) is 5.91 Å². The summed E-state index contributed by atoms with van der Waals surface area (Å²) in [5.41, 5.74) is 5.63. The number of aliphatic hydroxyl groups excluding tert-OH is 1. The lowest BCUT2D eigenvalue weighted by molar-refractivity contribution is -0.122. The normalized spacial score (nSPS) is 13.6. The van der Waals surface area contributed by atoms with Gasteiger partial charge >= 0.3 is 0 Å². The molecule has 0 saturated carbocycles. The summed E-state index contributed by atoms with van der Waals surface area (Å²) in [6, 6.07) is -0.106. The monoisotopic (exact) mass is 230 g/mol. The second-order valence-corrected chi connectivity index (χ2v) is 5.06. The fourth-order valence-electron chi connectivity index (χ4n) is 1.54. The van der Waals surface area contributed by atoms with Crippen molar-refractivity contribution in [3.63, 3.8) is 0 Å². The number of hydrogen-bond donors (Lipinski definition) is 3. The highest BCUT2D eigenvalue weighted by atomic mass is 16.3. The van der Waals surface area contributed by atoms with Crippen LogP contribution in [0, 0.1) is 5.41 Å². The van der Waals surface area contributed by atoms with Crippen LogP contribution in [0.5, 0.6) is 0 Å². The van der Waals surface area contributed by atoms with Crippen molar-refractivity contribution < 1.29 is 9.90 Å². The molecule has 0 aliphatic carbocycles. The Hall–Kier alpha value is -0.610. The summed E-state index contributed by atoms with van der Waals surface area (Å²) in [6.07, 6.45) is 3.02. The van der Waals surface area contributed by atoms with Crippen LogP contribution in [-0.2, 0) is 4.79 Å². The summed E-state index contributed by atoms with van der Waals surface area (Å²) in [5, 5.41) is 11.8. The molecule has 0 rings (SSSR count). The lowest BCUT2D eigenvalue weighted by atomic mass is 9.84. The van der Waals surface area contributed by atoms with E-state index in [1.807, 2.05) is 6.92 Å². The van der Waals surface area contributed by atoms with Crippen molar-refractivity contribution in [3.05, 3.63) is 0 Å². The number of nitrogens with two attached hydrogens (primary N) is 1. The highest BCUT2D eigenvalue weighted by molar-refractivity contribution is 5.76. The van der Waals surface area contributed by atoms with Crippen molar-refractivity contribution in [3.8, 4) is 0 Å². The van der Waals surface area contributed by atoms with Gasteiger partial charge in [-0.1, -0.05) is 20.8 Å². The molecule has 16 heavy (non-hydrogen) atoms. The molecule has 1 amide bonds. The average Bonchev–Trinajstić information content (AvgIpc) is 2.23. The molecule has 0 saturated heterocycles. The van der Waals surface area contributed by atoms with E-state index in [1.165, 1.54) is 0 Å². The van der Waals surface area contributed by atoms with Gasteiger partial charge in [0, 0.05) is 6.42 Å². The van der Waals surface area contributed by atoms with Crippen molar-refractivity contribution in [2.24, 2.45) is 11.1 Å². The van der Waals surface area contributed by atoms with Crippen LogP contribution in [0.4, 0.5) is 0 Å². The Labute approximate surface area is 98.6 Å². The lowest BCUT2D eigenvalue weighted by Crippen LogP contribution is -2.37. The SMILES string of the molecule is CCC(CO)NC(=O)CCC(C)(C)CCN. The van der Waals surface area contributed by atoms with E-state index >= 15 is 0 Å². The first-order valence-corrected chi connectivity index (χ1v) is 6.05. The van der Waals surface area contributed by atoms with Crippen LogP contribution in [0.2, 0.25) is 0 Å². The molecule has 0 aliphatic heterocycles. The van der Waals surface area contributed by atoms with E-state index in [0.717, 1.165) is 19.3 Å². The van der Waals surface area contributed by atoms with Crippen LogP contribution in [0.25, 0.3) is 0 Å². The molecule has 0 aliphatic rings. The Kier molecular flexibility index (Phi) is 7.34. The molecule has 0 aromatic carbocycles. The number of hydrogen-bond acceptors (Lipinski definition) is 3. The Balaban J connectivity index is 3.88. The summed E-state index contributed by atoms with van der Waals surface area (Å²) in [5.74, 6) is 0.0194. The van der Waals surface area contributed by atoms with E-state index in [2.05, 4.69) is 19.2 Å². The molecule has 4 heteroatoms. The molecule has 0 spiro atoms. The van der Waals surface area contributed by atoms with E-state index in [0.29, 0.717) is 13.0 Å². The molecule has 4 nitrogen and oxygen atoms in total. The van der Waals surface area contributed by atoms with Crippen molar-refractivity contribution in [1.82, 2.24) is 5.32 Å². The molecular weight excluding hydrogens is 204 g/mol. The van der Waals surface area contributed by atoms with Gasteiger partial charge in [-0.05, 0) is 31.2 Å². The molecule has 0 radical (unpaired) electrons. The first-order chi connectivity index (χ1) is 7.45. The van der Waals surface area contributed by atoms with E-state index in [1.54, 1.807) is 0 Å². The number of aliphatic hydroxyl groups is 1. The number of carbonyl (C=O) groups is 1. The van der Waals surface area contributed by atoms with Gasteiger partial charge in [0.05, 0.1) is 12.6 Å². The lowest BCUT2D eigenvalue weighted by Gasteiger charge is -2.24. The Morgan fingerprint density at radius 3 is 2.50 bits per heavy atom. The van der Waals surface area contributed by atoms with Gasteiger partial charge in [-0.15, -0.1) is 0 Å². The van der Waals surface area contributed by atoms with E-state index in [4.69, 9.17) is 10.8 Å². The van der Waals surface area contributed by atoms with Gasteiger partial charge in [-0.25, -0.2) is 0 Å². The molecule has 1 atom stereocenters. The highest BCUT2D eigenvalue weighted by Gasteiger charge is 2.19. The molecule has 0 fully saturated rings. The standard InChI is InChI=1S/C12H26N2O2/c1-4-10(9-15)14-11(16)5-6-12(2,3)7-8-13/h10,15H,4-9,13H2,1-3H3,(H,14,16). The van der Waals surface area contributed by atoms with Crippen LogP contribution >= 0.6 is 0 Å². The van der Waals surface area contributed by atoms with Gasteiger partial charge in [-0.3, -0.25) is 4.79 Å². The topological polar surface area (TPSA) is 75.3 Å². The van der Waals surface area contributed by atoms with Gasteiger partial charge in [0.25, 0.3) is 0 Å². The van der Waals surface area contributed by atoms with Gasteiger partial charge < -0.3 is 16.2 Å². The van der Waals surface area contributed by atoms with Crippen LogP contribution in [0.3, 0.4) is 0 Å². The number of carbonyl (C=O) groups excluding carboxylic acids is 1. The molecule has 4 N–H and O–H groups in total. The molecule has 96 valence electrons. The maximum atomic E-state index is 11.6. The molecule has 0 aromatic rings. The van der Waals surface area contributed by atoms with Crippen molar-refractivity contribution in [2.75, 3.05) is 13.2 Å². The first kappa shape index (κ1) is 15.4. The summed E-state index contributed by atoms with van der Waals surface area (Å²) in [4.78, 5) is 11.6. The molecule has 0 aromatic heterocycles. The molecule has 0 heterocycles. The summed E-state index contributed by atoms with van der Waals surface area (Å²) in [7, 11) is 0. The molecule has 0 bridgehead atoms. The minimum Gasteiger partial charge on any atom is -0.394 e. The van der Waals surface area contributed by atoms with E-state index in [-0.39, 0.29) is 24.0 Å². The van der Waals surface area contributed by atoms with Crippen LogP contribution in [-0.4, -0.2) is 30.2 Å². The highest BCUT2D eigenvalue weighted by Crippen LogP contribution is 2.25. The van der Waals surface area contributed by atoms with Crippen LogP contribution in [0.1, 0.15) is 46.5 Å². The first-order valence-electron chi connectivity index (χ1n) is 6.05. The quantitative estimate of drug-likeness (QED) is 0.583. The minimum atomic E-state index is -0.106. The third-order valence-corrected chi connectivity index (χ3v) is 2.93. The maximum absolute atomic E-state index is 11.6. The molecular formula is C12H26N2O2. The fraction of sp³-hybridized carbons (Fsp3) is 0.917. The zero-order valence-corrected chi connectivity index (χ0v) is 10.8. The Morgan fingerprint density at radius 1 is 1.44 bits per heavy atom. The number of rotatable bonds is 8. The number of nitrogens with one attached hydrogen (secondary N) is 1. The predicted molar refractivity (Wildman–Crippen MR) is 66.0 cm³/mol. The summed E-state index contributed by atoms with van der Waals surface area (Å²) >= 11 is 0. The third-order valence-electron chi connectivity index (χ3n) is 2.93. The molecule has 1 unspecified atom stereocenters.